The molecule has 0 heterocycles. The highest BCUT2D eigenvalue weighted by Gasteiger charge is 2.30. The highest BCUT2D eigenvalue weighted by molar-refractivity contribution is 5.82. The molecule has 0 unspecified atom stereocenters. The van der Waals surface area contributed by atoms with E-state index >= 15 is 0 Å². The number of alkyl carbamates (subject to hydrolysis) is 1. The zero-order chi connectivity index (χ0) is 23.4. The summed E-state index contributed by atoms with van der Waals surface area (Å²) in [7, 11) is 1.19. The molecule has 0 saturated heterocycles. The van der Waals surface area contributed by atoms with Crippen LogP contribution in [-0.4, -0.2) is 36.7 Å². The standard InChI is InChI=1S/C25H22N2O6/c1-32-24(28)22(14-16-8-2-7-13-23(16)27(30)31)26-25(29)33-15-21-19-11-5-3-9-17(19)18-10-4-6-12-20(18)21/h2-13,21-22H,14-15H2,1H3,(H,26,29)/t22-/m0/s1. The van der Waals surface area contributed by atoms with Crippen molar-refractivity contribution in [3.63, 3.8) is 0 Å². The second kappa shape index (κ2) is 9.52. The smallest absolute Gasteiger partial charge is 0.407 e. The van der Waals surface area contributed by atoms with Crippen molar-refractivity contribution < 1.29 is 24.0 Å². The van der Waals surface area contributed by atoms with Gasteiger partial charge in [-0.1, -0.05) is 66.7 Å². The molecule has 1 amide bonds. The lowest BCUT2D eigenvalue weighted by molar-refractivity contribution is -0.385. The summed E-state index contributed by atoms with van der Waals surface area (Å²) in [5.41, 5.74) is 4.50. The number of nitro benzene ring substituents is 1. The predicted octanol–water partition coefficient (Wildman–Crippen LogP) is 4.22. The van der Waals surface area contributed by atoms with E-state index in [0.29, 0.717) is 5.56 Å². The van der Waals surface area contributed by atoms with Gasteiger partial charge in [0.2, 0.25) is 0 Å². The maximum absolute atomic E-state index is 12.6. The molecule has 1 atom stereocenters. The van der Waals surface area contributed by atoms with Gasteiger partial charge in [0.1, 0.15) is 12.6 Å². The molecule has 8 heteroatoms. The van der Waals surface area contributed by atoms with Crippen LogP contribution in [0.5, 0.6) is 0 Å². The fraction of sp³-hybridized carbons (Fsp3) is 0.200. The average Bonchev–Trinajstić information content (AvgIpc) is 3.15. The number of hydrogen-bond donors (Lipinski definition) is 1. The lowest BCUT2D eigenvalue weighted by Gasteiger charge is -2.18. The normalized spacial score (nSPS) is 12.9. The Balaban J connectivity index is 1.47. The van der Waals surface area contributed by atoms with Crippen LogP contribution < -0.4 is 5.32 Å². The van der Waals surface area contributed by atoms with E-state index in [4.69, 9.17) is 9.47 Å². The number of hydrogen-bond acceptors (Lipinski definition) is 6. The Bertz CT molecular complexity index is 1160. The molecule has 1 aliphatic rings. The second-order valence-electron chi connectivity index (χ2n) is 7.64. The van der Waals surface area contributed by atoms with E-state index in [9.17, 15) is 19.7 Å². The van der Waals surface area contributed by atoms with Crippen LogP contribution in [0.25, 0.3) is 11.1 Å². The van der Waals surface area contributed by atoms with E-state index in [0.717, 1.165) is 22.3 Å². The van der Waals surface area contributed by atoms with Crippen molar-refractivity contribution in [3.8, 4) is 11.1 Å². The summed E-state index contributed by atoms with van der Waals surface area (Å²) in [6.07, 6.45) is -0.903. The number of fused-ring (bicyclic) bond motifs is 3. The Morgan fingerprint density at radius 1 is 0.970 bits per heavy atom. The molecule has 1 N–H and O–H groups in total. The molecule has 0 aliphatic heterocycles. The minimum absolute atomic E-state index is 0.0826. The summed E-state index contributed by atoms with van der Waals surface area (Å²) in [5, 5.41) is 13.8. The first kappa shape index (κ1) is 22.0. The number of rotatable bonds is 7. The molecule has 1 aliphatic carbocycles. The van der Waals surface area contributed by atoms with Crippen LogP contribution in [0.4, 0.5) is 10.5 Å². The fourth-order valence-electron chi connectivity index (χ4n) is 4.20. The Kier molecular flexibility index (Phi) is 6.35. The minimum atomic E-state index is -1.13. The zero-order valence-corrected chi connectivity index (χ0v) is 17.9. The van der Waals surface area contributed by atoms with Crippen molar-refractivity contribution >= 4 is 17.7 Å². The first-order valence-corrected chi connectivity index (χ1v) is 10.4. The van der Waals surface area contributed by atoms with Gasteiger partial charge in [0, 0.05) is 24.0 Å². The maximum atomic E-state index is 12.6. The lowest BCUT2D eigenvalue weighted by atomic mass is 9.98. The number of amides is 1. The number of ether oxygens (including phenoxy) is 2. The number of carbonyl (C=O) groups excluding carboxylic acids is 2. The molecule has 0 spiro atoms. The number of methoxy groups -OCH3 is 1. The third-order valence-electron chi connectivity index (χ3n) is 5.73. The number of carbonyl (C=O) groups is 2. The third-order valence-corrected chi connectivity index (χ3v) is 5.73. The summed E-state index contributed by atoms with van der Waals surface area (Å²) in [5.74, 6) is -0.850. The van der Waals surface area contributed by atoms with Crippen LogP contribution in [0.2, 0.25) is 0 Å². The van der Waals surface area contributed by atoms with E-state index in [1.807, 2.05) is 48.5 Å². The first-order chi connectivity index (χ1) is 16.0. The Hall–Kier alpha value is -4.20. The number of benzene rings is 3. The zero-order valence-electron chi connectivity index (χ0n) is 17.9. The van der Waals surface area contributed by atoms with E-state index in [1.165, 1.54) is 25.3 Å². The van der Waals surface area contributed by atoms with Gasteiger partial charge in [-0.25, -0.2) is 9.59 Å². The van der Waals surface area contributed by atoms with Crippen LogP contribution in [0.15, 0.2) is 72.8 Å². The summed E-state index contributed by atoms with van der Waals surface area (Å²) >= 11 is 0. The van der Waals surface area contributed by atoms with Crippen LogP contribution in [0, 0.1) is 10.1 Å². The number of nitrogens with one attached hydrogen (secondary N) is 1. The van der Waals surface area contributed by atoms with Crippen LogP contribution in [0.1, 0.15) is 22.6 Å². The molecule has 8 nitrogen and oxygen atoms in total. The van der Waals surface area contributed by atoms with Crippen molar-refractivity contribution in [2.75, 3.05) is 13.7 Å². The van der Waals surface area contributed by atoms with Gasteiger partial charge in [-0.2, -0.15) is 0 Å². The largest absolute Gasteiger partial charge is 0.467 e. The molecule has 3 aromatic rings. The average molecular weight is 446 g/mol. The summed E-state index contributed by atoms with van der Waals surface area (Å²) in [6, 6.07) is 20.8. The Morgan fingerprint density at radius 2 is 1.55 bits per heavy atom. The highest BCUT2D eigenvalue weighted by atomic mass is 16.6. The van der Waals surface area contributed by atoms with Gasteiger partial charge in [0.05, 0.1) is 12.0 Å². The Labute approximate surface area is 190 Å². The van der Waals surface area contributed by atoms with Crippen molar-refractivity contribution in [2.24, 2.45) is 0 Å². The lowest BCUT2D eigenvalue weighted by Crippen LogP contribution is -2.43. The van der Waals surface area contributed by atoms with Gasteiger partial charge in [0.25, 0.3) is 5.69 Å². The monoisotopic (exact) mass is 446 g/mol. The molecule has 0 bridgehead atoms. The molecule has 168 valence electrons. The first-order valence-electron chi connectivity index (χ1n) is 10.4. The topological polar surface area (TPSA) is 108 Å². The van der Waals surface area contributed by atoms with Crippen LogP contribution >= 0.6 is 0 Å². The number of para-hydroxylation sites is 1. The molecular weight excluding hydrogens is 424 g/mol. The molecule has 0 fully saturated rings. The van der Waals surface area contributed by atoms with Crippen molar-refractivity contribution in [1.29, 1.82) is 0 Å². The fourth-order valence-corrected chi connectivity index (χ4v) is 4.20. The Morgan fingerprint density at radius 3 is 2.15 bits per heavy atom. The van der Waals surface area contributed by atoms with Gasteiger partial charge in [-0.05, 0) is 22.3 Å². The van der Waals surface area contributed by atoms with Gasteiger partial charge in [-0.3, -0.25) is 10.1 Å². The third kappa shape index (κ3) is 4.55. The van der Waals surface area contributed by atoms with E-state index in [1.54, 1.807) is 6.07 Å². The number of nitro groups is 1. The van der Waals surface area contributed by atoms with Gasteiger partial charge >= 0.3 is 12.1 Å². The van der Waals surface area contributed by atoms with Crippen molar-refractivity contribution in [3.05, 3.63) is 99.6 Å². The summed E-state index contributed by atoms with van der Waals surface area (Å²) in [6.45, 7) is 0.0826. The van der Waals surface area contributed by atoms with Crippen molar-refractivity contribution in [1.82, 2.24) is 5.32 Å². The molecule has 0 aromatic heterocycles. The number of nitrogens with zero attached hydrogens (tertiary/aromatic N) is 1. The van der Waals surface area contributed by atoms with Gasteiger partial charge in [-0.15, -0.1) is 0 Å². The van der Waals surface area contributed by atoms with Gasteiger partial charge in [0.15, 0.2) is 0 Å². The molecule has 0 radical (unpaired) electrons. The van der Waals surface area contributed by atoms with E-state index in [-0.39, 0.29) is 24.6 Å². The van der Waals surface area contributed by atoms with Gasteiger partial charge < -0.3 is 14.8 Å². The minimum Gasteiger partial charge on any atom is -0.467 e. The molecule has 3 aromatic carbocycles. The van der Waals surface area contributed by atoms with E-state index in [2.05, 4.69) is 5.32 Å². The highest BCUT2D eigenvalue weighted by Crippen LogP contribution is 2.44. The molecule has 0 saturated carbocycles. The van der Waals surface area contributed by atoms with E-state index < -0.39 is 23.0 Å². The molecule has 4 rings (SSSR count). The SMILES string of the molecule is COC(=O)[C@H](Cc1ccccc1[N+](=O)[O-])NC(=O)OCC1c2ccccc2-c2ccccc21. The predicted molar refractivity (Wildman–Crippen MR) is 121 cm³/mol. The number of esters is 1. The molecule has 33 heavy (non-hydrogen) atoms. The van der Waals surface area contributed by atoms with Crippen LogP contribution in [0.3, 0.4) is 0 Å². The second-order valence-corrected chi connectivity index (χ2v) is 7.64. The van der Waals surface area contributed by atoms with Crippen molar-refractivity contribution in [2.45, 2.75) is 18.4 Å². The summed E-state index contributed by atoms with van der Waals surface area (Å²) < 4.78 is 10.3. The quantitative estimate of drug-likeness (QED) is 0.331. The molecular formula is C25H22N2O6. The van der Waals surface area contributed by atoms with Crippen LogP contribution in [-0.2, 0) is 20.7 Å². The maximum Gasteiger partial charge on any atom is 0.407 e. The summed E-state index contributed by atoms with van der Waals surface area (Å²) in [4.78, 5) is 35.6.